The molecule has 1 aromatic heterocycles. The van der Waals surface area contributed by atoms with Gasteiger partial charge in [0.15, 0.2) is 5.82 Å². The van der Waals surface area contributed by atoms with Crippen molar-refractivity contribution in [1.29, 1.82) is 0 Å². The van der Waals surface area contributed by atoms with Crippen LogP contribution in [0.15, 0.2) is 12.1 Å². The summed E-state index contributed by atoms with van der Waals surface area (Å²) in [7, 11) is 0. The lowest BCUT2D eigenvalue weighted by Crippen LogP contribution is -2.40. The van der Waals surface area contributed by atoms with Crippen molar-refractivity contribution in [3.63, 3.8) is 0 Å². The number of alkyl halides is 1. The molecule has 0 spiro atoms. The lowest BCUT2D eigenvalue weighted by molar-refractivity contribution is 0.138. The maximum atomic E-state index is 13.8. The van der Waals surface area contributed by atoms with Crippen molar-refractivity contribution in [2.75, 3.05) is 0 Å². The number of imidazole rings is 1. The third-order valence-electron chi connectivity index (χ3n) is 4.28. The summed E-state index contributed by atoms with van der Waals surface area (Å²) in [6.07, 6.45) is 4.07. The van der Waals surface area contributed by atoms with Crippen LogP contribution in [0.25, 0.3) is 11.0 Å². The topological polar surface area (TPSA) is 17.8 Å². The predicted octanol–water partition coefficient (Wildman–Crippen LogP) is 4.34. The van der Waals surface area contributed by atoms with E-state index in [4.69, 9.17) is 11.6 Å². The van der Waals surface area contributed by atoms with Crippen LogP contribution >= 0.6 is 11.6 Å². The van der Waals surface area contributed by atoms with Gasteiger partial charge in [-0.15, -0.1) is 11.6 Å². The number of halogens is 3. The third kappa shape index (κ3) is 1.76. The molecule has 5 heteroatoms. The number of hydrogen-bond acceptors (Lipinski definition) is 1. The monoisotopic (exact) mass is 284 g/mol. The fourth-order valence-corrected chi connectivity index (χ4v) is 3.27. The molecule has 1 fully saturated rings. The molecule has 1 aliphatic carbocycles. The zero-order valence-corrected chi connectivity index (χ0v) is 11.5. The SMILES string of the molecule is CCC1(n2c(CCl)nc3c(F)cc(F)cc32)CCC1. The Bertz CT molecular complexity index is 626. The first-order valence-corrected chi connectivity index (χ1v) is 7.07. The Morgan fingerprint density at radius 2 is 2.11 bits per heavy atom. The summed E-state index contributed by atoms with van der Waals surface area (Å²) >= 11 is 5.94. The van der Waals surface area contributed by atoms with E-state index >= 15 is 0 Å². The van der Waals surface area contributed by atoms with Gasteiger partial charge in [0, 0.05) is 11.6 Å². The highest BCUT2D eigenvalue weighted by atomic mass is 35.5. The van der Waals surface area contributed by atoms with Gasteiger partial charge in [0.05, 0.1) is 11.4 Å². The minimum atomic E-state index is -0.620. The van der Waals surface area contributed by atoms with Gasteiger partial charge in [-0.2, -0.15) is 0 Å². The van der Waals surface area contributed by atoms with Crippen LogP contribution in [-0.2, 0) is 11.4 Å². The van der Waals surface area contributed by atoms with E-state index in [9.17, 15) is 8.78 Å². The number of hydrogen-bond donors (Lipinski definition) is 0. The highest BCUT2D eigenvalue weighted by Crippen LogP contribution is 2.45. The minimum absolute atomic E-state index is 0.0702. The van der Waals surface area contributed by atoms with Gasteiger partial charge >= 0.3 is 0 Å². The normalized spacial score (nSPS) is 17.7. The molecule has 1 saturated carbocycles. The zero-order chi connectivity index (χ0) is 13.6. The average molecular weight is 285 g/mol. The molecular formula is C14H15ClF2N2. The summed E-state index contributed by atoms with van der Waals surface area (Å²) in [6.45, 7) is 2.10. The predicted molar refractivity (Wildman–Crippen MR) is 71.3 cm³/mol. The van der Waals surface area contributed by atoms with Gasteiger partial charge in [-0.3, -0.25) is 0 Å². The molecule has 0 saturated heterocycles. The smallest absolute Gasteiger partial charge is 0.153 e. The molecule has 2 aromatic rings. The molecule has 19 heavy (non-hydrogen) atoms. The minimum Gasteiger partial charge on any atom is -0.321 e. The summed E-state index contributed by atoms with van der Waals surface area (Å²) in [5, 5.41) is 0. The quantitative estimate of drug-likeness (QED) is 0.767. The summed E-state index contributed by atoms with van der Waals surface area (Å²) in [4.78, 5) is 4.26. The van der Waals surface area contributed by atoms with Gasteiger partial charge in [-0.1, -0.05) is 6.92 Å². The van der Waals surface area contributed by atoms with Crippen LogP contribution in [-0.4, -0.2) is 9.55 Å². The zero-order valence-electron chi connectivity index (χ0n) is 10.7. The van der Waals surface area contributed by atoms with Gasteiger partial charge in [0.2, 0.25) is 0 Å². The fourth-order valence-electron chi connectivity index (χ4n) is 3.09. The number of benzene rings is 1. The Balaban J connectivity index is 2.32. The lowest BCUT2D eigenvalue weighted by Gasteiger charge is -2.44. The van der Waals surface area contributed by atoms with Crippen molar-refractivity contribution in [3.05, 3.63) is 29.6 Å². The Kier molecular flexibility index (Phi) is 3.01. The van der Waals surface area contributed by atoms with Gasteiger partial charge in [-0.25, -0.2) is 13.8 Å². The summed E-state index contributed by atoms with van der Waals surface area (Å²) < 4.78 is 29.3. The molecule has 1 heterocycles. The van der Waals surface area contributed by atoms with Crippen molar-refractivity contribution < 1.29 is 8.78 Å². The van der Waals surface area contributed by atoms with Gasteiger partial charge in [0.25, 0.3) is 0 Å². The first-order valence-electron chi connectivity index (χ1n) is 6.54. The van der Waals surface area contributed by atoms with E-state index in [1.165, 1.54) is 6.07 Å². The highest BCUT2D eigenvalue weighted by Gasteiger charge is 2.39. The van der Waals surface area contributed by atoms with E-state index in [2.05, 4.69) is 11.9 Å². The number of aromatic nitrogens is 2. The molecule has 0 amide bonds. The molecule has 0 bridgehead atoms. The second-order valence-electron chi connectivity index (χ2n) is 5.18. The van der Waals surface area contributed by atoms with Crippen LogP contribution in [0.3, 0.4) is 0 Å². The number of nitrogens with zero attached hydrogens (tertiary/aromatic N) is 2. The highest BCUT2D eigenvalue weighted by molar-refractivity contribution is 6.16. The Hall–Kier alpha value is -1.16. The first-order chi connectivity index (χ1) is 9.11. The van der Waals surface area contributed by atoms with E-state index in [1.807, 2.05) is 4.57 Å². The summed E-state index contributed by atoms with van der Waals surface area (Å²) in [5.41, 5.74) is 0.672. The van der Waals surface area contributed by atoms with E-state index in [0.29, 0.717) is 11.3 Å². The largest absolute Gasteiger partial charge is 0.321 e. The molecule has 0 N–H and O–H groups in total. The van der Waals surface area contributed by atoms with E-state index in [-0.39, 0.29) is 16.9 Å². The van der Waals surface area contributed by atoms with Crippen molar-refractivity contribution in [1.82, 2.24) is 9.55 Å². The summed E-state index contributed by atoms with van der Waals surface area (Å²) in [5.74, 6) is -0.358. The van der Waals surface area contributed by atoms with Gasteiger partial charge in [-0.05, 0) is 31.7 Å². The molecule has 0 aliphatic heterocycles. The Morgan fingerprint density at radius 1 is 1.37 bits per heavy atom. The van der Waals surface area contributed by atoms with Crippen LogP contribution in [0.4, 0.5) is 8.78 Å². The average Bonchev–Trinajstić information content (AvgIpc) is 2.68. The van der Waals surface area contributed by atoms with Crippen LogP contribution in [0.5, 0.6) is 0 Å². The first kappa shape index (κ1) is 12.9. The molecule has 1 aromatic carbocycles. The van der Waals surface area contributed by atoms with Crippen molar-refractivity contribution in [3.8, 4) is 0 Å². The molecule has 3 rings (SSSR count). The second-order valence-corrected chi connectivity index (χ2v) is 5.45. The van der Waals surface area contributed by atoms with Crippen LogP contribution in [0.1, 0.15) is 38.4 Å². The maximum Gasteiger partial charge on any atom is 0.153 e. The van der Waals surface area contributed by atoms with Crippen LogP contribution in [0, 0.1) is 11.6 Å². The maximum absolute atomic E-state index is 13.8. The number of fused-ring (bicyclic) bond motifs is 1. The molecule has 0 unspecified atom stereocenters. The molecule has 2 nitrogen and oxygen atoms in total. The fraction of sp³-hybridized carbons (Fsp3) is 0.500. The lowest BCUT2D eigenvalue weighted by atomic mass is 9.74. The van der Waals surface area contributed by atoms with Crippen molar-refractivity contribution >= 4 is 22.6 Å². The van der Waals surface area contributed by atoms with Crippen LogP contribution < -0.4 is 0 Å². The van der Waals surface area contributed by atoms with Crippen molar-refractivity contribution in [2.24, 2.45) is 0 Å². The molecule has 1 aliphatic rings. The Labute approximate surface area is 115 Å². The molecular weight excluding hydrogens is 270 g/mol. The molecule has 0 atom stereocenters. The van der Waals surface area contributed by atoms with Crippen LogP contribution in [0.2, 0.25) is 0 Å². The van der Waals surface area contributed by atoms with Gasteiger partial charge in [0.1, 0.15) is 17.2 Å². The molecule has 102 valence electrons. The standard InChI is InChI=1S/C14H15ClF2N2/c1-2-14(4-3-5-14)19-11-7-9(16)6-10(17)13(11)18-12(19)8-15/h6-7H,2-5,8H2,1H3. The summed E-state index contributed by atoms with van der Waals surface area (Å²) in [6, 6.07) is 2.23. The van der Waals surface area contributed by atoms with Gasteiger partial charge < -0.3 is 4.57 Å². The van der Waals surface area contributed by atoms with E-state index in [0.717, 1.165) is 31.7 Å². The molecule has 0 radical (unpaired) electrons. The number of rotatable bonds is 3. The van der Waals surface area contributed by atoms with E-state index in [1.54, 1.807) is 0 Å². The van der Waals surface area contributed by atoms with E-state index < -0.39 is 11.6 Å². The second kappa shape index (κ2) is 4.44. The van der Waals surface area contributed by atoms with Crippen molar-refractivity contribution in [2.45, 2.75) is 44.0 Å². The third-order valence-corrected chi connectivity index (χ3v) is 4.52. The Morgan fingerprint density at radius 3 is 2.63 bits per heavy atom.